The van der Waals surface area contributed by atoms with Crippen molar-refractivity contribution in [1.29, 1.82) is 10.5 Å². The van der Waals surface area contributed by atoms with Crippen molar-refractivity contribution < 1.29 is 4.28 Å². The van der Waals surface area contributed by atoms with E-state index in [0.29, 0.717) is 0 Å². The van der Waals surface area contributed by atoms with Crippen molar-refractivity contribution in [3.8, 4) is 12.1 Å². The van der Waals surface area contributed by atoms with Crippen LogP contribution in [0.4, 0.5) is 0 Å². The smallest absolute Gasteiger partial charge is 0.257 e. The van der Waals surface area contributed by atoms with Gasteiger partial charge in [0.05, 0.1) is 4.90 Å². The predicted octanol–water partition coefficient (Wildman–Crippen LogP) is 2.42. The van der Waals surface area contributed by atoms with Crippen LogP contribution in [0.1, 0.15) is 5.56 Å². The lowest BCUT2D eigenvalue weighted by Crippen LogP contribution is -1.87. The fourth-order valence-electron chi connectivity index (χ4n) is 0.759. The highest BCUT2D eigenvalue weighted by Gasteiger charge is 1.96. The highest BCUT2D eigenvalue weighted by Crippen LogP contribution is 2.19. The summed E-state index contributed by atoms with van der Waals surface area (Å²) in [5.41, 5.74) is 0.854. The normalized spacial score (nSPS) is 8.47. The second kappa shape index (κ2) is 5.69. The van der Waals surface area contributed by atoms with Crippen LogP contribution in [0.15, 0.2) is 34.3 Å². The van der Waals surface area contributed by atoms with Crippen LogP contribution in [0.25, 0.3) is 0 Å². The van der Waals surface area contributed by atoms with Crippen molar-refractivity contribution in [2.24, 2.45) is 5.16 Å². The van der Waals surface area contributed by atoms with E-state index in [2.05, 4.69) is 5.16 Å². The zero-order valence-electron chi connectivity index (χ0n) is 7.97. The van der Waals surface area contributed by atoms with Gasteiger partial charge in [0.25, 0.3) is 5.71 Å². The molecule has 15 heavy (non-hydrogen) atoms. The number of oxime groups is 1. The molecule has 0 bridgehead atoms. The second-order valence-corrected chi connectivity index (χ2v) is 3.42. The molecule has 0 heterocycles. The Kier molecular flexibility index (Phi) is 4.21. The molecule has 4 nitrogen and oxygen atoms in total. The Bertz CT molecular complexity index is 423. The van der Waals surface area contributed by atoms with E-state index in [0.717, 1.165) is 22.5 Å². The number of rotatable bonds is 3. The summed E-state index contributed by atoms with van der Waals surface area (Å²) in [5.74, 6) is 0. The Morgan fingerprint density at radius 1 is 1.27 bits per heavy atom. The quantitative estimate of drug-likeness (QED) is 0.443. The molecule has 0 spiro atoms. The number of hydrogen-bond acceptors (Lipinski definition) is 5. The number of nitrogens with zero attached hydrogens (tertiary/aromatic N) is 3. The lowest BCUT2D eigenvalue weighted by atomic mass is 10.2. The highest BCUT2D eigenvalue weighted by atomic mass is 32.2. The molecule has 74 valence electrons. The third kappa shape index (κ3) is 3.72. The zero-order valence-corrected chi connectivity index (χ0v) is 8.78. The lowest BCUT2D eigenvalue weighted by Gasteiger charge is -1.97. The third-order valence-electron chi connectivity index (χ3n) is 1.49. The third-order valence-corrected chi connectivity index (χ3v) is 2.11. The molecule has 0 fully saturated rings. The van der Waals surface area contributed by atoms with Crippen LogP contribution in [0.3, 0.4) is 0 Å². The van der Waals surface area contributed by atoms with Crippen LogP contribution < -0.4 is 0 Å². The van der Waals surface area contributed by atoms with Gasteiger partial charge in [-0.05, 0) is 24.2 Å². The Balaban J connectivity index is 2.53. The van der Waals surface area contributed by atoms with Crippen molar-refractivity contribution in [3.05, 3.63) is 29.8 Å². The Labute approximate surface area is 92.0 Å². The van der Waals surface area contributed by atoms with Crippen LogP contribution in [-0.4, -0.2) is 5.71 Å². The van der Waals surface area contributed by atoms with Crippen LogP contribution >= 0.6 is 12.0 Å². The number of hydrogen-bond donors (Lipinski definition) is 0. The summed E-state index contributed by atoms with van der Waals surface area (Å²) in [7, 11) is 0. The monoisotopic (exact) mass is 217 g/mol. The molecule has 1 aromatic rings. The van der Waals surface area contributed by atoms with Crippen molar-refractivity contribution >= 4 is 17.8 Å². The van der Waals surface area contributed by atoms with Gasteiger partial charge in [0, 0.05) is 0 Å². The molecule has 0 unspecified atom stereocenters. The molecule has 0 amide bonds. The van der Waals surface area contributed by atoms with Crippen LogP contribution in [0, 0.1) is 29.6 Å². The standard InChI is InChI=1S/C10H7N3OS/c1-8-2-4-10(5-3-8)15-14-13-9(6-11)7-12/h2-5H,1H3. The topological polar surface area (TPSA) is 69.2 Å². The summed E-state index contributed by atoms with van der Waals surface area (Å²) in [6.45, 7) is 1.98. The molecule has 0 N–H and O–H groups in total. The maximum atomic E-state index is 8.37. The molecule has 1 aromatic carbocycles. The summed E-state index contributed by atoms with van der Waals surface area (Å²) in [6.07, 6.45) is 0. The van der Waals surface area contributed by atoms with Gasteiger partial charge in [-0.2, -0.15) is 10.5 Å². The average molecular weight is 217 g/mol. The van der Waals surface area contributed by atoms with Crippen molar-refractivity contribution in [1.82, 2.24) is 0 Å². The van der Waals surface area contributed by atoms with E-state index in [1.807, 2.05) is 31.2 Å². The average Bonchev–Trinajstić information content (AvgIpc) is 2.27. The van der Waals surface area contributed by atoms with E-state index in [9.17, 15) is 0 Å². The van der Waals surface area contributed by atoms with E-state index in [1.165, 1.54) is 0 Å². The Hall–Kier alpha value is -1.98. The molecule has 0 radical (unpaired) electrons. The molecule has 0 saturated heterocycles. The molecule has 0 aliphatic heterocycles. The summed E-state index contributed by atoms with van der Waals surface area (Å²) in [6, 6.07) is 10.8. The minimum Gasteiger partial charge on any atom is -0.315 e. The van der Waals surface area contributed by atoms with Crippen LogP contribution in [-0.2, 0) is 4.28 Å². The Morgan fingerprint density at radius 3 is 2.40 bits per heavy atom. The van der Waals surface area contributed by atoms with Crippen molar-refractivity contribution in [2.75, 3.05) is 0 Å². The van der Waals surface area contributed by atoms with Crippen molar-refractivity contribution in [3.63, 3.8) is 0 Å². The molecule has 5 heteroatoms. The van der Waals surface area contributed by atoms with Gasteiger partial charge in [-0.1, -0.05) is 17.7 Å². The van der Waals surface area contributed by atoms with Crippen molar-refractivity contribution in [2.45, 2.75) is 11.8 Å². The number of nitriles is 2. The maximum absolute atomic E-state index is 8.37. The first kappa shape index (κ1) is 11.1. The first-order chi connectivity index (χ1) is 7.26. The van der Waals surface area contributed by atoms with Gasteiger partial charge >= 0.3 is 0 Å². The largest absolute Gasteiger partial charge is 0.315 e. The van der Waals surface area contributed by atoms with Gasteiger partial charge < -0.3 is 4.28 Å². The first-order valence-electron chi connectivity index (χ1n) is 4.05. The molecule has 0 saturated carbocycles. The summed E-state index contributed by atoms with van der Waals surface area (Å²) < 4.78 is 4.76. The van der Waals surface area contributed by atoms with E-state index < -0.39 is 0 Å². The second-order valence-electron chi connectivity index (χ2n) is 2.63. The highest BCUT2D eigenvalue weighted by molar-refractivity contribution is 7.94. The van der Waals surface area contributed by atoms with Gasteiger partial charge in [-0.15, -0.1) is 0 Å². The lowest BCUT2D eigenvalue weighted by molar-refractivity contribution is 0.407. The van der Waals surface area contributed by atoms with Gasteiger partial charge in [-0.25, -0.2) is 0 Å². The molecule has 0 aromatic heterocycles. The summed E-state index contributed by atoms with van der Waals surface area (Å²) >= 11 is 0.998. The summed E-state index contributed by atoms with van der Waals surface area (Å²) in [5, 5.41) is 20.1. The van der Waals surface area contributed by atoms with Gasteiger partial charge in [-0.3, -0.25) is 0 Å². The van der Waals surface area contributed by atoms with Crippen LogP contribution in [0.2, 0.25) is 0 Å². The van der Waals surface area contributed by atoms with Gasteiger partial charge in [0.1, 0.15) is 24.2 Å². The molecule has 0 atom stereocenters. The number of aryl methyl sites for hydroxylation is 1. The minimum absolute atomic E-state index is 0.297. The molecular weight excluding hydrogens is 210 g/mol. The zero-order chi connectivity index (χ0) is 11.1. The fourth-order valence-corrected chi connectivity index (χ4v) is 1.20. The fraction of sp³-hybridized carbons (Fsp3) is 0.100. The van der Waals surface area contributed by atoms with E-state index in [4.69, 9.17) is 14.8 Å². The van der Waals surface area contributed by atoms with E-state index in [1.54, 1.807) is 12.1 Å². The molecule has 0 aliphatic carbocycles. The van der Waals surface area contributed by atoms with Gasteiger partial charge in [0.2, 0.25) is 0 Å². The maximum Gasteiger partial charge on any atom is 0.257 e. The number of benzene rings is 1. The SMILES string of the molecule is Cc1ccc(SON=C(C#N)C#N)cc1. The predicted molar refractivity (Wildman–Crippen MR) is 56.8 cm³/mol. The molecular formula is C10H7N3OS. The van der Waals surface area contributed by atoms with E-state index in [-0.39, 0.29) is 5.71 Å². The first-order valence-corrected chi connectivity index (χ1v) is 4.79. The Morgan fingerprint density at radius 2 is 1.87 bits per heavy atom. The minimum atomic E-state index is -0.297. The summed E-state index contributed by atoms with van der Waals surface area (Å²) in [4.78, 5) is 0.861. The van der Waals surface area contributed by atoms with Gasteiger partial charge in [0.15, 0.2) is 0 Å². The van der Waals surface area contributed by atoms with E-state index >= 15 is 0 Å². The van der Waals surface area contributed by atoms with Crippen LogP contribution in [0.5, 0.6) is 0 Å². The molecule has 1 rings (SSSR count). The molecule has 0 aliphatic rings.